The van der Waals surface area contributed by atoms with Crippen LogP contribution >= 0.6 is 23.1 Å². The van der Waals surface area contributed by atoms with Crippen molar-refractivity contribution in [2.45, 2.75) is 30.7 Å². The maximum Gasteiger partial charge on any atom is 0.239 e. The number of nitrogens with zero attached hydrogens (tertiary/aromatic N) is 5. The van der Waals surface area contributed by atoms with Crippen molar-refractivity contribution in [2.24, 2.45) is 7.05 Å². The fraction of sp³-hybridized carbons (Fsp3) is 0.500. The number of carbonyl (C=O) groups is 1. The van der Waals surface area contributed by atoms with Gasteiger partial charge >= 0.3 is 0 Å². The van der Waals surface area contributed by atoms with E-state index in [0.717, 1.165) is 11.4 Å². The van der Waals surface area contributed by atoms with E-state index < -0.39 is 0 Å². The Morgan fingerprint density at radius 1 is 1.53 bits per heavy atom. The van der Waals surface area contributed by atoms with E-state index >= 15 is 0 Å². The SMILES string of the molecule is CCc1nnc(NC(=O)C(C)Sc2nncn2C)s1. The predicted octanol–water partition coefficient (Wildman–Crippen LogP) is 1.35. The zero-order valence-electron chi connectivity index (χ0n) is 10.8. The molecule has 9 heteroatoms. The van der Waals surface area contributed by atoms with Gasteiger partial charge in [0.25, 0.3) is 0 Å². The minimum atomic E-state index is -0.281. The van der Waals surface area contributed by atoms with Gasteiger partial charge in [0, 0.05) is 7.05 Å². The van der Waals surface area contributed by atoms with Gasteiger partial charge in [0.15, 0.2) is 5.16 Å². The first kappa shape index (κ1) is 13.9. The van der Waals surface area contributed by atoms with E-state index in [1.807, 2.05) is 20.9 Å². The Labute approximate surface area is 118 Å². The molecule has 2 rings (SSSR count). The first-order valence-corrected chi connectivity index (χ1v) is 7.43. The van der Waals surface area contributed by atoms with Crippen LogP contribution in [0.3, 0.4) is 0 Å². The summed E-state index contributed by atoms with van der Waals surface area (Å²) < 4.78 is 1.77. The standard InChI is InChI=1S/C10H14N6OS2/c1-4-7-13-14-9(19-7)12-8(17)6(2)18-10-15-11-5-16(10)3/h5-6H,4H2,1-3H3,(H,12,14,17). The zero-order valence-corrected chi connectivity index (χ0v) is 12.5. The third-order valence-electron chi connectivity index (χ3n) is 2.32. The number of rotatable bonds is 5. The van der Waals surface area contributed by atoms with Crippen molar-refractivity contribution in [3.63, 3.8) is 0 Å². The van der Waals surface area contributed by atoms with Crippen molar-refractivity contribution in [1.29, 1.82) is 0 Å². The highest BCUT2D eigenvalue weighted by molar-refractivity contribution is 8.00. The molecular formula is C10H14N6OS2. The van der Waals surface area contributed by atoms with E-state index in [9.17, 15) is 4.79 Å². The molecule has 1 atom stereocenters. The Bertz CT molecular complexity index is 566. The summed E-state index contributed by atoms with van der Waals surface area (Å²) in [5.74, 6) is -0.119. The molecule has 2 aromatic heterocycles. The molecule has 102 valence electrons. The number of thioether (sulfide) groups is 1. The van der Waals surface area contributed by atoms with Gasteiger partial charge in [0.05, 0.1) is 5.25 Å². The van der Waals surface area contributed by atoms with Crippen LogP contribution in [0.25, 0.3) is 0 Å². The summed E-state index contributed by atoms with van der Waals surface area (Å²) >= 11 is 2.74. The number of aryl methyl sites for hydroxylation is 2. The lowest BCUT2D eigenvalue weighted by atomic mass is 10.4. The Kier molecular flexibility index (Phi) is 4.48. The lowest BCUT2D eigenvalue weighted by Crippen LogP contribution is -2.22. The van der Waals surface area contributed by atoms with Crippen molar-refractivity contribution in [1.82, 2.24) is 25.0 Å². The van der Waals surface area contributed by atoms with E-state index in [1.165, 1.54) is 23.1 Å². The van der Waals surface area contributed by atoms with Crippen LogP contribution in [0.4, 0.5) is 5.13 Å². The van der Waals surface area contributed by atoms with E-state index in [1.54, 1.807) is 10.9 Å². The van der Waals surface area contributed by atoms with Crippen LogP contribution in [0.5, 0.6) is 0 Å². The van der Waals surface area contributed by atoms with Crippen LogP contribution in [-0.2, 0) is 18.3 Å². The predicted molar refractivity (Wildman–Crippen MR) is 74.2 cm³/mol. The van der Waals surface area contributed by atoms with Crippen LogP contribution in [0.1, 0.15) is 18.9 Å². The summed E-state index contributed by atoms with van der Waals surface area (Å²) in [6, 6.07) is 0. The first-order chi connectivity index (χ1) is 9.10. The Balaban J connectivity index is 1.94. The second-order valence-electron chi connectivity index (χ2n) is 3.83. The molecule has 0 saturated carbocycles. The maximum absolute atomic E-state index is 12.0. The van der Waals surface area contributed by atoms with Crippen LogP contribution < -0.4 is 5.32 Å². The van der Waals surface area contributed by atoms with Gasteiger partial charge in [0.2, 0.25) is 11.0 Å². The van der Waals surface area contributed by atoms with E-state index in [4.69, 9.17) is 0 Å². The molecule has 0 saturated heterocycles. The number of aromatic nitrogens is 5. The molecule has 19 heavy (non-hydrogen) atoms. The van der Waals surface area contributed by atoms with Gasteiger partial charge in [-0.15, -0.1) is 20.4 Å². The minimum absolute atomic E-state index is 0.119. The van der Waals surface area contributed by atoms with Gasteiger partial charge in [-0.3, -0.25) is 10.1 Å². The normalized spacial score (nSPS) is 12.4. The van der Waals surface area contributed by atoms with E-state index in [-0.39, 0.29) is 11.2 Å². The highest BCUT2D eigenvalue weighted by Gasteiger charge is 2.18. The molecule has 2 heterocycles. The molecule has 1 unspecified atom stereocenters. The topological polar surface area (TPSA) is 85.6 Å². The van der Waals surface area contributed by atoms with Crippen LogP contribution in [0.15, 0.2) is 11.5 Å². The largest absolute Gasteiger partial charge is 0.312 e. The highest BCUT2D eigenvalue weighted by atomic mass is 32.2. The molecule has 0 bridgehead atoms. The summed E-state index contributed by atoms with van der Waals surface area (Å²) in [4.78, 5) is 12.0. The summed E-state index contributed by atoms with van der Waals surface area (Å²) in [5, 5.41) is 20.2. The second kappa shape index (κ2) is 6.11. The van der Waals surface area contributed by atoms with E-state index in [2.05, 4.69) is 25.7 Å². The third-order valence-corrected chi connectivity index (χ3v) is 4.45. The molecule has 0 radical (unpaired) electrons. The van der Waals surface area contributed by atoms with Gasteiger partial charge in [0.1, 0.15) is 11.3 Å². The van der Waals surface area contributed by atoms with Crippen molar-refractivity contribution in [2.75, 3.05) is 5.32 Å². The summed E-state index contributed by atoms with van der Waals surface area (Å²) in [6.45, 7) is 3.81. The highest BCUT2D eigenvalue weighted by Crippen LogP contribution is 2.22. The van der Waals surface area contributed by atoms with Crippen molar-refractivity contribution >= 4 is 34.1 Å². The Morgan fingerprint density at radius 2 is 2.32 bits per heavy atom. The molecule has 0 aromatic carbocycles. The molecule has 1 N–H and O–H groups in total. The van der Waals surface area contributed by atoms with Crippen molar-refractivity contribution in [3.8, 4) is 0 Å². The van der Waals surface area contributed by atoms with Gasteiger partial charge in [-0.05, 0) is 13.3 Å². The number of anilines is 1. The lowest BCUT2D eigenvalue weighted by molar-refractivity contribution is -0.115. The van der Waals surface area contributed by atoms with Crippen molar-refractivity contribution in [3.05, 3.63) is 11.3 Å². The van der Waals surface area contributed by atoms with Crippen LogP contribution in [-0.4, -0.2) is 36.1 Å². The molecule has 0 aliphatic carbocycles. The molecule has 0 fully saturated rings. The smallest absolute Gasteiger partial charge is 0.239 e. The minimum Gasteiger partial charge on any atom is -0.312 e. The zero-order chi connectivity index (χ0) is 13.8. The quantitative estimate of drug-likeness (QED) is 0.839. The van der Waals surface area contributed by atoms with Gasteiger partial charge in [-0.25, -0.2) is 0 Å². The molecule has 1 amide bonds. The molecule has 0 spiro atoms. The summed E-state index contributed by atoms with van der Waals surface area (Å²) in [6.07, 6.45) is 2.42. The average molecular weight is 298 g/mol. The molecule has 0 aliphatic rings. The number of carbonyl (C=O) groups excluding carboxylic acids is 1. The molecule has 0 aliphatic heterocycles. The number of hydrogen-bond donors (Lipinski definition) is 1. The number of hydrogen-bond acceptors (Lipinski definition) is 7. The third kappa shape index (κ3) is 3.51. The van der Waals surface area contributed by atoms with Gasteiger partial charge in [-0.2, -0.15) is 0 Å². The Hall–Kier alpha value is -1.48. The van der Waals surface area contributed by atoms with Crippen molar-refractivity contribution < 1.29 is 4.79 Å². The monoisotopic (exact) mass is 298 g/mol. The number of nitrogens with one attached hydrogen (secondary N) is 1. The molecular weight excluding hydrogens is 284 g/mol. The van der Waals surface area contributed by atoms with Gasteiger partial charge in [-0.1, -0.05) is 30.0 Å². The maximum atomic E-state index is 12.0. The van der Waals surface area contributed by atoms with Crippen LogP contribution in [0.2, 0.25) is 0 Å². The average Bonchev–Trinajstić information content (AvgIpc) is 2.99. The second-order valence-corrected chi connectivity index (χ2v) is 6.20. The summed E-state index contributed by atoms with van der Waals surface area (Å²) in [5.41, 5.74) is 0. The van der Waals surface area contributed by atoms with Crippen LogP contribution in [0, 0.1) is 0 Å². The lowest BCUT2D eigenvalue weighted by Gasteiger charge is -2.08. The molecule has 7 nitrogen and oxygen atoms in total. The molecule has 2 aromatic rings. The van der Waals surface area contributed by atoms with Gasteiger partial charge < -0.3 is 4.57 Å². The van der Waals surface area contributed by atoms with E-state index in [0.29, 0.717) is 10.3 Å². The fourth-order valence-corrected chi connectivity index (χ4v) is 2.72. The fourth-order valence-electron chi connectivity index (χ4n) is 1.24. The number of amides is 1. The summed E-state index contributed by atoms with van der Waals surface area (Å²) in [7, 11) is 1.84. The Morgan fingerprint density at radius 3 is 2.89 bits per heavy atom. The first-order valence-electron chi connectivity index (χ1n) is 5.74.